The van der Waals surface area contributed by atoms with E-state index in [1.165, 1.54) is 5.56 Å². The largest absolute Gasteiger partial charge is 0.332 e. The van der Waals surface area contributed by atoms with E-state index < -0.39 is 0 Å². The van der Waals surface area contributed by atoms with Crippen molar-refractivity contribution < 1.29 is 0 Å². The van der Waals surface area contributed by atoms with Crippen molar-refractivity contribution in [1.29, 1.82) is 0 Å². The molecule has 0 saturated carbocycles. The number of rotatable bonds is 3. The van der Waals surface area contributed by atoms with Gasteiger partial charge in [-0.25, -0.2) is 0 Å². The second kappa shape index (κ2) is 6.73. The maximum atomic E-state index is 5.84. The van der Waals surface area contributed by atoms with E-state index in [0.29, 0.717) is 16.1 Å². The van der Waals surface area contributed by atoms with Crippen molar-refractivity contribution >= 4 is 40.3 Å². The van der Waals surface area contributed by atoms with E-state index in [1.807, 2.05) is 36.4 Å². The molecule has 2 aromatic rings. The molecule has 0 atom stereocenters. The lowest BCUT2D eigenvalue weighted by molar-refractivity contribution is 0.867. The zero-order chi connectivity index (χ0) is 14.5. The predicted octanol–water partition coefficient (Wildman–Crippen LogP) is 5.27. The molecule has 0 aliphatic carbocycles. The van der Waals surface area contributed by atoms with Crippen molar-refractivity contribution in [2.24, 2.45) is 0 Å². The summed E-state index contributed by atoms with van der Waals surface area (Å²) < 4.78 is 0. The normalized spacial score (nSPS) is 10.4. The second-order valence-electron chi connectivity index (χ2n) is 4.86. The summed E-state index contributed by atoms with van der Waals surface area (Å²) in [6.07, 6.45) is 0. The number of anilines is 2. The van der Waals surface area contributed by atoms with E-state index in [0.717, 1.165) is 11.4 Å². The van der Waals surface area contributed by atoms with Gasteiger partial charge in [0.1, 0.15) is 0 Å². The lowest BCUT2D eigenvalue weighted by atomic mass is 10.0. The van der Waals surface area contributed by atoms with Crippen LogP contribution < -0.4 is 10.6 Å². The summed E-state index contributed by atoms with van der Waals surface area (Å²) in [5, 5.41) is 7.54. The molecule has 0 amide bonds. The smallest absolute Gasteiger partial charge is 0.175 e. The van der Waals surface area contributed by atoms with Gasteiger partial charge in [-0.3, -0.25) is 0 Å². The van der Waals surface area contributed by atoms with Gasteiger partial charge in [-0.2, -0.15) is 0 Å². The van der Waals surface area contributed by atoms with Gasteiger partial charge in [0.05, 0.1) is 0 Å². The summed E-state index contributed by atoms with van der Waals surface area (Å²) in [6.45, 7) is 4.35. The molecule has 4 heteroatoms. The Morgan fingerprint density at radius 3 is 1.80 bits per heavy atom. The average Bonchev–Trinajstić information content (AvgIpc) is 2.42. The first-order chi connectivity index (χ1) is 9.54. The number of thiocarbonyl (C=S) groups is 1. The molecule has 0 saturated heterocycles. The Morgan fingerprint density at radius 2 is 1.35 bits per heavy atom. The third kappa shape index (κ3) is 4.22. The zero-order valence-corrected chi connectivity index (χ0v) is 13.1. The molecule has 0 heterocycles. The van der Waals surface area contributed by atoms with Gasteiger partial charge in [-0.1, -0.05) is 37.6 Å². The number of benzene rings is 2. The molecule has 2 N–H and O–H groups in total. The van der Waals surface area contributed by atoms with E-state index in [-0.39, 0.29) is 0 Å². The monoisotopic (exact) mass is 304 g/mol. The van der Waals surface area contributed by atoms with Gasteiger partial charge in [0, 0.05) is 16.4 Å². The SMILES string of the molecule is CC(C)c1ccc(NC(=S)Nc2ccc(Cl)cc2)cc1. The zero-order valence-electron chi connectivity index (χ0n) is 11.5. The summed E-state index contributed by atoms with van der Waals surface area (Å²) in [7, 11) is 0. The molecule has 0 radical (unpaired) electrons. The Labute approximate surface area is 130 Å². The van der Waals surface area contributed by atoms with Crippen LogP contribution in [0.5, 0.6) is 0 Å². The molecular weight excluding hydrogens is 288 g/mol. The van der Waals surface area contributed by atoms with Crippen LogP contribution in [-0.4, -0.2) is 5.11 Å². The van der Waals surface area contributed by atoms with Crippen LogP contribution in [0.2, 0.25) is 5.02 Å². The average molecular weight is 305 g/mol. The van der Waals surface area contributed by atoms with Crippen molar-refractivity contribution in [2.75, 3.05) is 10.6 Å². The highest BCUT2D eigenvalue weighted by Crippen LogP contribution is 2.18. The molecule has 0 fully saturated rings. The predicted molar refractivity (Wildman–Crippen MR) is 91.8 cm³/mol. The first-order valence-corrected chi connectivity index (χ1v) is 7.27. The molecule has 0 aliphatic rings. The Hall–Kier alpha value is -1.58. The van der Waals surface area contributed by atoms with Crippen LogP contribution in [0.3, 0.4) is 0 Å². The minimum atomic E-state index is 0.531. The summed E-state index contributed by atoms with van der Waals surface area (Å²) in [5.41, 5.74) is 3.19. The number of hydrogen-bond acceptors (Lipinski definition) is 1. The van der Waals surface area contributed by atoms with Gasteiger partial charge in [0.15, 0.2) is 5.11 Å². The second-order valence-corrected chi connectivity index (χ2v) is 5.71. The highest BCUT2D eigenvalue weighted by Gasteiger charge is 2.01. The standard InChI is InChI=1S/C16H17ClN2S/c1-11(2)12-3-7-14(8-4-12)18-16(20)19-15-9-5-13(17)6-10-15/h3-11H,1-2H3,(H2,18,19,20). The number of nitrogens with one attached hydrogen (secondary N) is 2. The van der Waals surface area contributed by atoms with E-state index >= 15 is 0 Å². The maximum Gasteiger partial charge on any atom is 0.175 e. The third-order valence-electron chi connectivity index (χ3n) is 2.94. The van der Waals surface area contributed by atoms with Crippen LogP contribution >= 0.6 is 23.8 Å². The van der Waals surface area contributed by atoms with Crippen LogP contribution in [0, 0.1) is 0 Å². The van der Waals surface area contributed by atoms with E-state index in [2.05, 4.69) is 36.6 Å². The highest BCUT2D eigenvalue weighted by molar-refractivity contribution is 7.80. The molecule has 0 unspecified atom stereocenters. The van der Waals surface area contributed by atoms with Gasteiger partial charge in [0.2, 0.25) is 0 Å². The van der Waals surface area contributed by atoms with Gasteiger partial charge >= 0.3 is 0 Å². The highest BCUT2D eigenvalue weighted by atomic mass is 35.5. The fraction of sp³-hybridized carbons (Fsp3) is 0.188. The van der Waals surface area contributed by atoms with Crippen LogP contribution in [0.15, 0.2) is 48.5 Å². The first-order valence-electron chi connectivity index (χ1n) is 6.48. The molecule has 20 heavy (non-hydrogen) atoms. The number of halogens is 1. The van der Waals surface area contributed by atoms with Gasteiger partial charge in [0.25, 0.3) is 0 Å². The maximum absolute atomic E-state index is 5.84. The molecule has 0 aliphatic heterocycles. The molecule has 2 nitrogen and oxygen atoms in total. The summed E-state index contributed by atoms with van der Waals surface area (Å²) >= 11 is 11.1. The van der Waals surface area contributed by atoms with Gasteiger partial charge in [-0.05, 0) is 60.1 Å². The molecule has 2 aromatic carbocycles. The van der Waals surface area contributed by atoms with Gasteiger partial charge < -0.3 is 10.6 Å². The molecule has 104 valence electrons. The van der Waals surface area contributed by atoms with Crippen LogP contribution in [0.25, 0.3) is 0 Å². The van der Waals surface area contributed by atoms with Gasteiger partial charge in [-0.15, -0.1) is 0 Å². The Kier molecular flexibility index (Phi) is 4.99. The van der Waals surface area contributed by atoms with E-state index in [1.54, 1.807) is 0 Å². The number of hydrogen-bond donors (Lipinski definition) is 2. The molecule has 0 bridgehead atoms. The lowest BCUT2D eigenvalue weighted by Crippen LogP contribution is -2.18. The Bertz CT molecular complexity index is 576. The fourth-order valence-corrected chi connectivity index (χ4v) is 2.14. The minimum absolute atomic E-state index is 0.531. The Morgan fingerprint density at radius 1 is 0.900 bits per heavy atom. The summed E-state index contributed by atoms with van der Waals surface area (Å²) in [5.74, 6) is 0.531. The summed E-state index contributed by atoms with van der Waals surface area (Å²) in [6, 6.07) is 15.7. The van der Waals surface area contributed by atoms with Crippen molar-refractivity contribution in [2.45, 2.75) is 19.8 Å². The molecule has 0 aromatic heterocycles. The van der Waals surface area contributed by atoms with Crippen LogP contribution in [-0.2, 0) is 0 Å². The molecule has 2 rings (SSSR count). The van der Waals surface area contributed by atoms with E-state index in [4.69, 9.17) is 23.8 Å². The van der Waals surface area contributed by atoms with Crippen LogP contribution in [0.4, 0.5) is 11.4 Å². The first kappa shape index (κ1) is 14.8. The quantitative estimate of drug-likeness (QED) is 0.755. The minimum Gasteiger partial charge on any atom is -0.332 e. The molecular formula is C16H17ClN2S. The van der Waals surface area contributed by atoms with Crippen molar-refractivity contribution in [3.8, 4) is 0 Å². The van der Waals surface area contributed by atoms with Crippen molar-refractivity contribution in [3.63, 3.8) is 0 Å². The molecule has 0 spiro atoms. The third-order valence-corrected chi connectivity index (χ3v) is 3.39. The lowest BCUT2D eigenvalue weighted by Gasteiger charge is -2.12. The topological polar surface area (TPSA) is 24.1 Å². The van der Waals surface area contributed by atoms with Crippen LogP contribution in [0.1, 0.15) is 25.3 Å². The van der Waals surface area contributed by atoms with E-state index in [9.17, 15) is 0 Å². The van der Waals surface area contributed by atoms with Crippen molar-refractivity contribution in [3.05, 3.63) is 59.1 Å². The summed E-state index contributed by atoms with van der Waals surface area (Å²) in [4.78, 5) is 0. The fourth-order valence-electron chi connectivity index (χ4n) is 1.78. The van der Waals surface area contributed by atoms with Crippen molar-refractivity contribution in [1.82, 2.24) is 0 Å². The Balaban J connectivity index is 1.95.